The maximum absolute atomic E-state index is 4.26. The molecule has 0 unspecified atom stereocenters. The second-order valence-corrected chi connectivity index (χ2v) is 3.94. The summed E-state index contributed by atoms with van der Waals surface area (Å²) in [5.74, 6) is 6.23. The van der Waals surface area contributed by atoms with E-state index in [4.69, 9.17) is 0 Å². The van der Waals surface area contributed by atoms with E-state index < -0.39 is 0 Å². The molecule has 0 amide bonds. The van der Waals surface area contributed by atoms with Crippen molar-refractivity contribution in [3.8, 4) is 11.8 Å². The molecule has 0 saturated carbocycles. The largest absolute Gasteiger partial charge is 0.256 e. The summed E-state index contributed by atoms with van der Waals surface area (Å²) in [4.78, 5) is 4.26. The highest BCUT2D eigenvalue weighted by Gasteiger charge is 1.93. The van der Waals surface area contributed by atoms with Crippen molar-refractivity contribution in [1.29, 1.82) is 0 Å². The van der Waals surface area contributed by atoms with Gasteiger partial charge in [-0.1, -0.05) is 33.8 Å². The fourth-order valence-electron chi connectivity index (χ4n) is 1.37. The zero-order valence-corrected chi connectivity index (χ0v) is 9.79. The van der Waals surface area contributed by atoms with Gasteiger partial charge in [0.15, 0.2) is 0 Å². The molecule has 0 aliphatic carbocycles. The molecule has 0 radical (unpaired) electrons. The highest BCUT2D eigenvalue weighted by atomic mass is 79.9. The second-order valence-electron chi connectivity index (χ2n) is 3.15. The summed E-state index contributed by atoms with van der Waals surface area (Å²) in [6.07, 6.45) is 2.68. The van der Waals surface area contributed by atoms with Gasteiger partial charge in [-0.05, 0) is 24.3 Å². The maximum Gasteiger partial charge on any atom is 0.0702 e. The van der Waals surface area contributed by atoms with Gasteiger partial charge in [-0.3, -0.25) is 4.98 Å². The van der Waals surface area contributed by atoms with Crippen LogP contribution in [0.15, 0.2) is 36.5 Å². The Morgan fingerprint density at radius 2 is 2.20 bits per heavy atom. The predicted molar refractivity (Wildman–Crippen MR) is 67.0 cm³/mol. The highest BCUT2D eigenvalue weighted by molar-refractivity contribution is 9.09. The van der Waals surface area contributed by atoms with Crippen LogP contribution in [0, 0.1) is 11.8 Å². The molecule has 15 heavy (non-hydrogen) atoms. The van der Waals surface area contributed by atoms with Crippen LogP contribution in [-0.4, -0.2) is 10.3 Å². The molecule has 0 spiro atoms. The number of benzene rings is 1. The first kappa shape index (κ1) is 10.2. The zero-order chi connectivity index (χ0) is 10.5. The average Bonchev–Trinajstić information content (AvgIpc) is 2.29. The molecule has 0 aliphatic rings. The van der Waals surface area contributed by atoms with Gasteiger partial charge in [-0.25, -0.2) is 0 Å². The SMILES string of the molecule is BrCCC#Cc1ccc2ncccc2c1. The third-order valence-electron chi connectivity index (χ3n) is 2.06. The van der Waals surface area contributed by atoms with Crippen molar-refractivity contribution in [2.75, 3.05) is 5.33 Å². The van der Waals surface area contributed by atoms with Crippen molar-refractivity contribution in [3.05, 3.63) is 42.1 Å². The average molecular weight is 260 g/mol. The van der Waals surface area contributed by atoms with Crippen LogP contribution in [-0.2, 0) is 0 Å². The van der Waals surface area contributed by atoms with E-state index in [1.165, 1.54) is 0 Å². The van der Waals surface area contributed by atoms with Crippen LogP contribution in [0.2, 0.25) is 0 Å². The van der Waals surface area contributed by atoms with Crippen LogP contribution >= 0.6 is 15.9 Å². The minimum absolute atomic E-state index is 0.880. The van der Waals surface area contributed by atoms with Crippen LogP contribution in [0.1, 0.15) is 12.0 Å². The fraction of sp³-hybridized carbons (Fsp3) is 0.154. The van der Waals surface area contributed by atoms with E-state index in [1.54, 1.807) is 6.20 Å². The number of nitrogens with zero attached hydrogens (tertiary/aromatic N) is 1. The highest BCUT2D eigenvalue weighted by Crippen LogP contribution is 2.12. The van der Waals surface area contributed by atoms with Gasteiger partial charge in [0.1, 0.15) is 0 Å². The molecule has 0 saturated heterocycles. The van der Waals surface area contributed by atoms with Crippen molar-refractivity contribution in [2.24, 2.45) is 0 Å². The summed E-state index contributed by atoms with van der Waals surface area (Å²) in [5, 5.41) is 2.07. The van der Waals surface area contributed by atoms with Gasteiger partial charge in [0.2, 0.25) is 0 Å². The monoisotopic (exact) mass is 259 g/mol. The maximum atomic E-state index is 4.26. The Hall–Kier alpha value is -1.33. The number of halogens is 1. The normalized spacial score (nSPS) is 9.67. The third kappa shape index (κ3) is 2.57. The van der Waals surface area contributed by atoms with Crippen LogP contribution in [0.5, 0.6) is 0 Å². The summed E-state index contributed by atoms with van der Waals surface area (Å²) in [5.41, 5.74) is 2.07. The van der Waals surface area contributed by atoms with Gasteiger partial charge in [0.25, 0.3) is 0 Å². The number of pyridine rings is 1. The number of aromatic nitrogens is 1. The van der Waals surface area contributed by atoms with E-state index in [9.17, 15) is 0 Å². The Morgan fingerprint density at radius 3 is 3.07 bits per heavy atom. The van der Waals surface area contributed by atoms with Crippen LogP contribution in [0.4, 0.5) is 0 Å². The lowest BCUT2D eigenvalue weighted by molar-refractivity contribution is 1.32. The summed E-state index contributed by atoms with van der Waals surface area (Å²) >= 11 is 3.35. The molecule has 0 fully saturated rings. The Morgan fingerprint density at radius 1 is 1.27 bits per heavy atom. The molecule has 2 aromatic rings. The van der Waals surface area contributed by atoms with E-state index in [0.29, 0.717) is 0 Å². The van der Waals surface area contributed by atoms with Crippen molar-refractivity contribution in [3.63, 3.8) is 0 Å². The number of hydrogen-bond acceptors (Lipinski definition) is 1. The van der Waals surface area contributed by atoms with E-state index in [1.807, 2.05) is 18.2 Å². The number of alkyl halides is 1. The minimum atomic E-state index is 0.880. The first-order valence-corrected chi connectivity index (χ1v) is 5.92. The van der Waals surface area contributed by atoms with E-state index >= 15 is 0 Å². The fourth-order valence-corrected chi connectivity index (χ4v) is 1.56. The molecule has 0 N–H and O–H groups in total. The summed E-state index contributed by atoms with van der Waals surface area (Å²) < 4.78 is 0. The van der Waals surface area contributed by atoms with E-state index in [0.717, 1.165) is 28.2 Å². The van der Waals surface area contributed by atoms with Gasteiger partial charge in [0, 0.05) is 28.9 Å². The Balaban J connectivity index is 2.36. The first-order chi connectivity index (χ1) is 7.40. The van der Waals surface area contributed by atoms with Gasteiger partial charge in [0.05, 0.1) is 5.52 Å². The Kier molecular flexibility index (Phi) is 3.37. The Bertz CT molecular complexity index is 523. The molecule has 1 heterocycles. The first-order valence-electron chi connectivity index (χ1n) is 4.80. The van der Waals surface area contributed by atoms with Crippen LogP contribution < -0.4 is 0 Å². The summed E-state index contributed by atoms with van der Waals surface area (Å²) in [6, 6.07) is 10.1. The van der Waals surface area contributed by atoms with Gasteiger partial charge in [-0.2, -0.15) is 0 Å². The summed E-state index contributed by atoms with van der Waals surface area (Å²) in [7, 11) is 0. The second kappa shape index (κ2) is 4.95. The molecule has 1 aromatic heterocycles. The molecule has 2 rings (SSSR count). The van der Waals surface area contributed by atoms with Gasteiger partial charge < -0.3 is 0 Å². The van der Waals surface area contributed by atoms with E-state index in [2.05, 4.69) is 44.9 Å². The van der Waals surface area contributed by atoms with Crippen molar-refractivity contribution in [1.82, 2.24) is 4.98 Å². The topological polar surface area (TPSA) is 12.9 Å². The van der Waals surface area contributed by atoms with E-state index in [-0.39, 0.29) is 0 Å². The molecular formula is C13H10BrN. The van der Waals surface area contributed by atoms with Crippen LogP contribution in [0.25, 0.3) is 10.9 Å². The summed E-state index contributed by atoms with van der Waals surface area (Å²) in [6.45, 7) is 0. The molecule has 2 heteroatoms. The molecule has 1 nitrogen and oxygen atoms in total. The quantitative estimate of drug-likeness (QED) is 0.566. The van der Waals surface area contributed by atoms with Gasteiger partial charge >= 0.3 is 0 Å². The molecule has 0 bridgehead atoms. The number of fused-ring (bicyclic) bond motifs is 1. The van der Waals surface area contributed by atoms with Crippen LogP contribution in [0.3, 0.4) is 0 Å². The van der Waals surface area contributed by atoms with Crippen molar-refractivity contribution >= 4 is 26.8 Å². The lowest BCUT2D eigenvalue weighted by Crippen LogP contribution is -1.79. The molecule has 74 valence electrons. The lowest BCUT2D eigenvalue weighted by Gasteiger charge is -1.96. The minimum Gasteiger partial charge on any atom is -0.256 e. The predicted octanol–water partition coefficient (Wildman–Crippen LogP) is 3.37. The smallest absolute Gasteiger partial charge is 0.0702 e. The zero-order valence-electron chi connectivity index (χ0n) is 8.20. The molecule has 0 atom stereocenters. The molecular weight excluding hydrogens is 250 g/mol. The number of hydrogen-bond donors (Lipinski definition) is 0. The molecule has 0 aliphatic heterocycles. The van der Waals surface area contributed by atoms with Gasteiger partial charge in [-0.15, -0.1) is 0 Å². The molecule has 1 aromatic carbocycles. The number of rotatable bonds is 1. The van der Waals surface area contributed by atoms with Crippen molar-refractivity contribution in [2.45, 2.75) is 6.42 Å². The van der Waals surface area contributed by atoms with Crippen molar-refractivity contribution < 1.29 is 0 Å². The third-order valence-corrected chi connectivity index (χ3v) is 2.45. The standard InChI is InChI=1S/C13H10BrN/c14-8-2-1-4-11-6-7-13-12(10-11)5-3-9-15-13/h3,5-7,9-10H,2,8H2. The lowest BCUT2D eigenvalue weighted by atomic mass is 10.1. The Labute approximate surface area is 97.7 Å².